The van der Waals surface area contributed by atoms with E-state index in [4.69, 9.17) is 4.74 Å². The first-order valence-corrected chi connectivity index (χ1v) is 9.69. The predicted molar refractivity (Wildman–Crippen MR) is 105 cm³/mol. The van der Waals surface area contributed by atoms with Crippen LogP contribution in [-0.2, 0) is 11.3 Å². The van der Waals surface area contributed by atoms with Crippen LogP contribution in [0.4, 0.5) is 13.2 Å². The Morgan fingerprint density at radius 1 is 1.24 bits per heavy atom. The van der Waals surface area contributed by atoms with Crippen LogP contribution in [0.25, 0.3) is 0 Å². The van der Waals surface area contributed by atoms with E-state index in [0.29, 0.717) is 25.6 Å². The topological polar surface area (TPSA) is 71.0 Å². The van der Waals surface area contributed by atoms with Crippen LogP contribution < -0.4 is 15.4 Å². The Hall–Kier alpha value is -2.07. The quantitative estimate of drug-likeness (QED) is 0.499. The third-order valence-electron chi connectivity index (χ3n) is 4.50. The van der Waals surface area contributed by atoms with Crippen molar-refractivity contribution in [3.05, 3.63) is 23.9 Å². The molecule has 1 aromatic heterocycles. The first-order valence-electron chi connectivity index (χ1n) is 9.69. The second-order valence-corrected chi connectivity index (χ2v) is 7.37. The van der Waals surface area contributed by atoms with Gasteiger partial charge in [0.15, 0.2) is 12.6 Å². The van der Waals surface area contributed by atoms with Gasteiger partial charge >= 0.3 is 6.18 Å². The summed E-state index contributed by atoms with van der Waals surface area (Å²) in [7, 11) is 0. The van der Waals surface area contributed by atoms with Crippen molar-refractivity contribution in [1.82, 2.24) is 20.5 Å². The van der Waals surface area contributed by atoms with Crippen LogP contribution in [0.3, 0.4) is 0 Å². The van der Waals surface area contributed by atoms with Gasteiger partial charge in [0, 0.05) is 44.0 Å². The lowest BCUT2D eigenvalue weighted by molar-refractivity contribution is -0.154. The number of morpholine rings is 1. The van der Waals surface area contributed by atoms with Gasteiger partial charge in [-0.2, -0.15) is 13.2 Å². The molecule has 0 aromatic carbocycles. The molecule has 2 rings (SSSR count). The lowest BCUT2D eigenvalue weighted by Crippen LogP contribution is -2.56. The maximum absolute atomic E-state index is 12.2. The maximum atomic E-state index is 12.2. The van der Waals surface area contributed by atoms with Crippen molar-refractivity contribution in [2.45, 2.75) is 39.0 Å². The molecule has 10 heteroatoms. The van der Waals surface area contributed by atoms with E-state index in [-0.39, 0.29) is 11.4 Å². The molecule has 1 saturated heterocycles. The molecule has 0 aliphatic carbocycles. The van der Waals surface area contributed by atoms with Crippen molar-refractivity contribution in [3.63, 3.8) is 0 Å². The third kappa shape index (κ3) is 8.45. The zero-order valence-corrected chi connectivity index (χ0v) is 17.2. The van der Waals surface area contributed by atoms with Crippen LogP contribution in [0, 0.1) is 0 Å². The summed E-state index contributed by atoms with van der Waals surface area (Å²) in [5.41, 5.74) is 0.716. The van der Waals surface area contributed by atoms with E-state index < -0.39 is 12.8 Å². The Morgan fingerprint density at radius 3 is 2.55 bits per heavy atom. The first-order chi connectivity index (χ1) is 13.7. The van der Waals surface area contributed by atoms with Gasteiger partial charge in [0.1, 0.15) is 0 Å². The number of nitrogens with zero attached hydrogens (tertiary/aromatic N) is 3. The molecule has 0 atom stereocenters. The van der Waals surface area contributed by atoms with Gasteiger partial charge in [0.25, 0.3) is 0 Å². The molecular weight excluding hydrogens is 387 g/mol. The molecule has 0 spiro atoms. The Labute approximate surface area is 169 Å². The summed E-state index contributed by atoms with van der Waals surface area (Å²) in [4.78, 5) is 10.8. The number of nitrogens with one attached hydrogen (secondary N) is 2. The van der Waals surface area contributed by atoms with E-state index in [1.54, 1.807) is 6.07 Å². The molecule has 1 aliphatic heterocycles. The summed E-state index contributed by atoms with van der Waals surface area (Å²) >= 11 is 0. The molecule has 0 unspecified atom stereocenters. The molecule has 0 bridgehead atoms. The molecule has 7 nitrogen and oxygen atoms in total. The third-order valence-corrected chi connectivity index (χ3v) is 4.50. The minimum atomic E-state index is -4.38. The minimum Gasteiger partial charge on any atom is -0.468 e. The Morgan fingerprint density at radius 2 is 1.97 bits per heavy atom. The lowest BCUT2D eigenvalue weighted by atomic mass is 10.0. The number of guanidine groups is 1. The summed E-state index contributed by atoms with van der Waals surface area (Å²) in [5.74, 6) is 0.610. The number of hydrogen-bond donors (Lipinski definition) is 2. The summed E-state index contributed by atoms with van der Waals surface area (Å²) < 4.78 is 46.6. The van der Waals surface area contributed by atoms with E-state index >= 15 is 0 Å². The molecule has 164 valence electrons. The van der Waals surface area contributed by atoms with Gasteiger partial charge in [0.2, 0.25) is 5.88 Å². The number of halogens is 3. The van der Waals surface area contributed by atoms with Crippen LogP contribution in [0.15, 0.2) is 23.3 Å². The van der Waals surface area contributed by atoms with Gasteiger partial charge in [-0.25, -0.2) is 9.98 Å². The van der Waals surface area contributed by atoms with Gasteiger partial charge in [-0.1, -0.05) is 6.07 Å². The lowest BCUT2D eigenvalue weighted by Gasteiger charge is -2.41. The van der Waals surface area contributed by atoms with Crippen molar-refractivity contribution < 1.29 is 22.6 Å². The fraction of sp³-hybridized carbons (Fsp3) is 0.684. The van der Waals surface area contributed by atoms with Crippen molar-refractivity contribution >= 4 is 5.96 Å². The highest BCUT2D eigenvalue weighted by molar-refractivity contribution is 5.79. The second-order valence-electron chi connectivity index (χ2n) is 7.37. The van der Waals surface area contributed by atoms with Gasteiger partial charge in [-0.3, -0.25) is 4.90 Å². The van der Waals surface area contributed by atoms with E-state index in [0.717, 1.165) is 31.9 Å². The van der Waals surface area contributed by atoms with Gasteiger partial charge < -0.3 is 20.1 Å². The van der Waals surface area contributed by atoms with Crippen LogP contribution in [-0.4, -0.2) is 73.6 Å². The Kier molecular flexibility index (Phi) is 8.51. The van der Waals surface area contributed by atoms with Crippen molar-refractivity contribution in [2.75, 3.05) is 46.0 Å². The number of pyridine rings is 1. The number of aliphatic imine (C=N–C) groups is 1. The van der Waals surface area contributed by atoms with E-state index in [9.17, 15) is 13.2 Å². The Bertz CT molecular complexity index is 644. The van der Waals surface area contributed by atoms with Crippen molar-refractivity contribution in [1.29, 1.82) is 0 Å². The zero-order valence-electron chi connectivity index (χ0n) is 17.2. The second kappa shape index (κ2) is 10.6. The molecule has 2 N–H and O–H groups in total. The number of aromatic nitrogens is 1. The van der Waals surface area contributed by atoms with Gasteiger partial charge in [0.05, 0.1) is 19.8 Å². The minimum absolute atomic E-state index is 0.0566. The highest BCUT2D eigenvalue weighted by atomic mass is 19.4. The highest BCUT2D eigenvalue weighted by Gasteiger charge is 2.29. The van der Waals surface area contributed by atoms with Crippen LogP contribution in [0.2, 0.25) is 0 Å². The number of hydrogen-bond acceptors (Lipinski definition) is 5. The smallest absolute Gasteiger partial charge is 0.422 e. The number of rotatable bonds is 8. The van der Waals surface area contributed by atoms with Crippen molar-refractivity contribution in [3.8, 4) is 5.88 Å². The van der Waals surface area contributed by atoms with Crippen LogP contribution in [0.5, 0.6) is 5.88 Å². The SMILES string of the molecule is CCNC(=NCc1ccc(OCC(F)(F)F)nc1)NCC(C)(C)N1CCOCC1. The normalized spacial score (nSPS) is 16.6. The van der Waals surface area contributed by atoms with Gasteiger partial charge in [-0.05, 0) is 26.3 Å². The molecule has 0 amide bonds. The number of ether oxygens (including phenoxy) is 2. The molecule has 2 heterocycles. The zero-order chi connectivity index (χ0) is 21.3. The summed E-state index contributed by atoms with van der Waals surface area (Å²) in [6, 6.07) is 3.07. The average Bonchev–Trinajstić information content (AvgIpc) is 2.69. The van der Waals surface area contributed by atoms with E-state index in [2.05, 4.69) is 44.1 Å². The average molecular weight is 417 g/mol. The summed E-state index contributed by atoms with van der Waals surface area (Å²) in [5, 5.41) is 6.57. The molecule has 0 saturated carbocycles. The summed E-state index contributed by atoms with van der Waals surface area (Å²) in [6.45, 7) is 10.0. The van der Waals surface area contributed by atoms with Crippen LogP contribution in [0.1, 0.15) is 26.3 Å². The molecule has 1 aromatic rings. The van der Waals surface area contributed by atoms with Crippen LogP contribution >= 0.6 is 0 Å². The molecule has 29 heavy (non-hydrogen) atoms. The van der Waals surface area contributed by atoms with E-state index in [1.165, 1.54) is 12.3 Å². The highest BCUT2D eigenvalue weighted by Crippen LogP contribution is 2.17. The van der Waals surface area contributed by atoms with Crippen molar-refractivity contribution in [2.24, 2.45) is 4.99 Å². The summed E-state index contributed by atoms with van der Waals surface area (Å²) in [6.07, 6.45) is -2.91. The largest absolute Gasteiger partial charge is 0.468 e. The monoisotopic (exact) mass is 417 g/mol. The Balaban J connectivity index is 1.89. The maximum Gasteiger partial charge on any atom is 0.422 e. The molecule has 1 fully saturated rings. The molecular formula is C19H30F3N5O2. The molecule has 0 radical (unpaired) electrons. The first kappa shape index (κ1) is 23.2. The van der Waals surface area contributed by atoms with Gasteiger partial charge in [-0.15, -0.1) is 0 Å². The fourth-order valence-corrected chi connectivity index (χ4v) is 2.84. The van der Waals surface area contributed by atoms with E-state index in [1.807, 2.05) is 6.92 Å². The molecule has 1 aliphatic rings. The standard InChI is InChI=1S/C19H30F3N5O2/c1-4-23-17(26-13-18(2,3)27-7-9-28-10-8-27)25-12-15-5-6-16(24-11-15)29-14-19(20,21)22/h5-6,11H,4,7-10,12-14H2,1-3H3,(H2,23,25,26). The predicted octanol–water partition coefficient (Wildman–Crippen LogP) is 2.19. The number of alkyl halides is 3. The fourth-order valence-electron chi connectivity index (χ4n) is 2.84.